The Morgan fingerprint density at radius 1 is 0.951 bits per heavy atom. The summed E-state index contributed by atoms with van der Waals surface area (Å²) in [6, 6.07) is 4.60. The molecule has 11 nitrogen and oxygen atoms in total. The molecule has 0 aliphatic rings. The van der Waals surface area contributed by atoms with Gasteiger partial charge in [-0.3, -0.25) is 4.68 Å². The topological polar surface area (TPSA) is 115 Å². The zero-order chi connectivity index (χ0) is 29.3. The van der Waals surface area contributed by atoms with E-state index in [0.29, 0.717) is 9.41 Å². The van der Waals surface area contributed by atoms with Crippen molar-refractivity contribution >= 4 is 23.2 Å². The van der Waals surface area contributed by atoms with Gasteiger partial charge in [-0.1, -0.05) is 33.6 Å². The Labute approximate surface area is 236 Å². The maximum Gasteiger partial charge on any atom is 0.345 e. The Morgan fingerprint density at radius 3 is 2.41 bits per heavy atom. The summed E-state index contributed by atoms with van der Waals surface area (Å²) >= 11 is 11.9. The highest BCUT2D eigenvalue weighted by Gasteiger charge is 2.26. The number of rotatable bonds is 10. The van der Waals surface area contributed by atoms with E-state index in [1.54, 1.807) is 0 Å². The lowest BCUT2D eigenvalue weighted by Gasteiger charge is -2.18. The van der Waals surface area contributed by atoms with Crippen LogP contribution in [0.25, 0.3) is 28.1 Å². The van der Waals surface area contributed by atoms with E-state index in [9.17, 15) is 22.8 Å². The van der Waals surface area contributed by atoms with Gasteiger partial charge in [0.15, 0.2) is 17.2 Å². The van der Waals surface area contributed by atoms with Crippen LogP contribution in [-0.4, -0.2) is 53.0 Å². The molecule has 4 aromatic heterocycles. The Morgan fingerprint density at radius 2 is 1.76 bits per heavy atom. The third kappa shape index (κ3) is 5.98. The lowest BCUT2D eigenvalue weighted by Crippen LogP contribution is -2.36. The molecule has 0 saturated carbocycles. The SMILES string of the molecule is [O-][n+]1cc(-c2c(-n3cc(Cl)nn3)ccc(Cl)c2F)ccc1[C@@H](CCOC(F)F)n1cc(-c2cn(C(F)F)nn2)cn1. The summed E-state index contributed by atoms with van der Waals surface area (Å²) in [6.07, 6.45) is 5.96. The molecule has 214 valence electrons. The summed E-state index contributed by atoms with van der Waals surface area (Å²) in [4.78, 5) is 0. The van der Waals surface area contributed by atoms with Crippen LogP contribution < -0.4 is 4.73 Å². The van der Waals surface area contributed by atoms with Gasteiger partial charge < -0.3 is 9.94 Å². The summed E-state index contributed by atoms with van der Waals surface area (Å²) in [6.45, 7) is -6.42. The average Bonchev–Trinajstić information content (AvgIpc) is 3.69. The maximum atomic E-state index is 15.3. The van der Waals surface area contributed by atoms with E-state index in [4.69, 9.17) is 23.2 Å². The molecule has 4 heterocycles. The molecular weight excluding hydrogens is 600 g/mol. The van der Waals surface area contributed by atoms with Gasteiger partial charge in [-0.15, -0.1) is 10.2 Å². The predicted molar refractivity (Wildman–Crippen MR) is 133 cm³/mol. The quantitative estimate of drug-likeness (QED) is 0.122. The summed E-state index contributed by atoms with van der Waals surface area (Å²) in [5.74, 6) is -0.834. The molecule has 0 aliphatic carbocycles. The predicted octanol–water partition coefficient (Wildman–Crippen LogP) is 5.08. The summed E-state index contributed by atoms with van der Waals surface area (Å²) in [5, 5.41) is 31.8. The lowest BCUT2D eigenvalue weighted by molar-refractivity contribution is -0.615. The van der Waals surface area contributed by atoms with Gasteiger partial charge in [0.05, 0.1) is 47.0 Å². The van der Waals surface area contributed by atoms with Crippen LogP contribution in [0.5, 0.6) is 0 Å². The van der Waals surface area contributed by atoms with Crippen LogP contribution in [0.3, 0.4) is 0 Å². The molecule has 41 heavy (non-hydrogen) atoms. The second-order valence-electron chi connectivity index (χ2n) is 8.42. The summed E-state index contributed by atoms with van der Waals surface area (Å²) in [5.41, 5.74) is 0.610. The fourth-order valence-corrected chi connectivity index (χ4v) is 4.38. The number of ether oxygens (including phenoxy) is 1. The second-order valence-corrected chi connectivity index (χ2v) is 9.21. The fourth-order valence-electron chi connectivity index (χ4n) is 4.10. The van der Waals surface area contributed by atoms with Crippen molar-refractivity contribution in [3.8, 4) is 28.1 Å². The minimum Gasteiger partial charge on any atom is -0.618 e. The highest BCUT2D eigenvalue weighted by molar-refractivity contribution is 6.31. The smallest absolute Gasteiger partial charge is 0.345 e. The molecule has 0 spiro atoms. The Balaban J connectivity index is 1.53. The Kier molecular flexibility index (Phi) is 8.14. The van der Waals surface area contributed by atoms with E-state index in [0.717, 1.165) is 12.4 Å². The van der Waals surface area contributed by atoms with Gasteiger partial charge in [0, 0.05) is 24.2 Å². The molecule has 18 heteroatoms. The highest BCUT2D eigenvalue weighted by Crippen LogP contribution is 2.34. The second kappa shape index (κ2) is 11.8. The van der Waals surface area contributed by atoms with Crippen molar-refractivity contribution in [2.45, 2.75) is 25.6 Å². The third-order valence-electron chi connectivity index (χ3n) is 5.92. The molecule has 5 aromatic rings. The molecular formula is C23H16Cl2F5N9O2. The minimum atomic E-state index is -3.05. The summed E-state index contributed by atoms with van der Waals surface area (Å²) < 4.78 is 74.1. The summed E-state index contributed by atoms with van der Waals surface area (Å²) in [7, 11) is 0. The first-order valence-corrected chi connectivity index (χ1v) is 12.3. The zero-order valence-electron chi connectivity index (χ0n) is 20.3. The number of halogens is 7. The maximum absolute atomic E-state index is 15.3. The molecule has 0 radical (unpaired) electrons. The van der Waals surface area contributed by atoms with Crippen LogP contribution in [0.1, 0.15) is 24.7 Å². The number of alkyl halides is 4. The molecule has 0 unspecified atom stereocenters. The average molecular weight is 616 g/mol. The van der Waals surface area contributed by atoms with Crippen molar-refractivity contribution in [2.24, 2.45) is 0 Å². The van der Waals surface area contributed by atoms with Crippen LogP contribution in [0.4, 0.5) is 22.0 Å². The molecule has 0 saturated heterocycles. The highest BCUT2D eigenvalue weighted by atomic mass is 35.5. The molecule has 0 fully saturated rings. The minimum absolute atomic E-state index is 0.0327. The van der Waals surface area contributed by atoms with E-state index in [-0.39, 0.29) is 50.4 Å². The molecule has 1 aromatic carbocycles. The van der Waals surface area contributed by atoms with E-state index in [1.807, 2.05) is 0 Å². The Hall–Kier alpha value is -4.15. The van der Waals surface area contributed by atoms with Crippen molar-refractivity contribution in [3.63, 3.8) is 0 Å². The van der Waals surface area contributed by atoms with Crippen LogP contribution in [0, 0.1) is 11.0 Å². The number of pyridine rings is 1. The fraction of sp³-hybridized carbons (Fsp3) is 0.217. The first-order valence-electron chi connectivity index (χ1n) is 11.6. The first-order chi connectivity index (χ1) is 19.6. The molecule has 0 amide bonds. The van der Waals surface area contributed by atoms with Crippen molar-refractivity contribution in [2.75, 3.05) is 6.61 Å². The molecule has 0 bridgehead atoms. The van der Waals surface area contributed by atoms with Crippen molar-refractivity contribution in [1.29, 1.82) is 0 Å². The van der Waals surface area contributed by atoms with Gasteiger partial charge in [0.2, 0.25) is 5.69 Å². The van der Waals surface area contributed by atoms with Crippen LogP contribution in [0.2, 0.25) is 10.2 Å². The normalized spacial score (nSPS) is 12.5. The standard InChI is InChI=1S/C23H16Cl2F5N9O2/c24-14-2-4-18(37-11-19(25)33-35-37)20(21(14)26)12-1-3-17(39(40)9-12)16(5-6-41-23(29)30)36-8-13(7-31-36)15-10-38(22(27)28)34-32-15/h1-4,7-11,16,22-23H,5-6H2/t16-/m1/s1. The first kappa shape index (κ1) is 28.4. The van der Waals surface area contributed by atoms with Gasteiger partial charge in [0.1, 0.15) is 11.7 Å². The van der Waals surface area contributed by atoms with Crippen LogP contribution >= 0.6 is 23.2 Å². The van der Waals surface area contributed by atoms with E-state index >= 15 is 4.39 Å². The number of benzene rings is 1. The van der Waals surface area contributed by atoms with Crippen LogP contribution in [0.15, 0.2) is 55.2 Å². The van der Waals surface area contributed by atoms with Crippen molar-refractivity contribution in [1.82, 2.24) is 39.8 Å². The number of hydrogen-bond donors (Lipinski definition) is 0. The molecule has 0 aliphatic heterocycles. The van der Waals surface area contributed by atoms with Gasteiger partial charge in [0.25, 0.3) is 0 Å². The van der Waals surface area contributed by atoms with E-state index in [2.05, 4.69) is 30.5 Å². The molecule has 1 atom stereocenters. The number of nitrogens with zero attached hydrogens (tertiary/aromatic N) is 9. The largest absolute Gasteiger partial charge is 0.618 e. The van der Waals surface area contributed by atoms with Gasteiger partial charge in [-0.05, 0) is 18.2 Å². The number of aromatic nitrogens is 9. The molecule has 5 rings (SSSR count). The van der Waals surface area contributed by atoms with Crippen LogP contribution in [-0.2, 0) is 4.74 Å². The van der Waals surface area contributed by atoms with Gasteiger partial charge in [-0.2, -0.15) is 32.1 Å². The monoisotopic (exact) mass is 615 g/mol. The zero-order valence-corrected chi connectivity index (χ0v) is 21.8. The van der Waals surface area contributed by atoms with Gasteiger partial charge in [-0.25, -0.2) is 9.07 Å². The van der Waals surface area contributed by atoms with E-state index in [1.165, 1.54) is 52.2 Å². The Bertz CT molecular complexity index is 1680. The van der Waals surface area contributed by atoms with Crippen molar-refractivity contribution < 1.29 is 31.4 Å². The number of hydrogen-bond acceptors (Lipinski definition) is 7. The molecule has 0 N–H and O–H groups in total. The van der Waals surface area contributed by atoms with Gasteiger partial charge >= 0.3 is 13.2 Å². The van der Waals surface area contributed by atoms with Crippen molar-refractivity contribution in [3.05, 3.63) is 82.1 Å². The lowest BCUT2D eigenvalue weighted by atomic mass is 10.0. The third-order valence-corrected chi connectivity index (χ3v) is 6.39. The van der Waals surface area contributed by atoms with E-state index < -0.39 is 31.6 Å².